The van der Waals surface area contributed by atoms with Crippen molar-refractivity contribution in [1.29, 1.82) is 0 Å². The van der Waals surface area contributed by atoms with Crippen molar-refractivity contribution in [3.8, 4) is 0 Å². The van der Waals surface area contributed by atoms with Gasteiger partial charge in [0.2, 0.25) is 0 Å². The fraction of sp³-hybridized carbons (Fsp3) is 0.263. The van der Waals surface area contributed by atoms with Crippen LogP contribution in [0.15, 0.2) is 54.6 Å². The van der Waals surface area contributed by atoms with E-state index in [0.29, 0.717) is 0 Å². The Hall–Kier alpha value is -2.62. The van der Waals surface area contributed by atoms with Crippen LogP contribution < -0.4 is 5.32 Å². The Bertz CT molecular complexity index is 667. The van der Waals surface area contributed by atoms with Crippen LogP contribution in [0.5, 0.6) is 0 Å². The van der Waals surface area contributed by atoms with Gasteiger partial charge in [0.15, 0.2) is 6.61 Å². The highest BCUT2D eigenvalue weighted by Crippen LogP contribution is 2.19. The molecule has 0 saturated carbocycles. The second kappa shape index (κ2) is 8.13. The third kappa shape index (κ3) is 5.25. The predicted molar refractivity (Wildman–Crippen MR) is 90.2 cm³/mol. The number of ether oxygens (including phenoxy) is 1. The lowest BCUT2D eigenvalue weighted by atomic mass is 9.98. The Morgan fingerprint density at radius 1 is 1.04 bits per heavy atom. The first kappa shape index (κ1) is 16.7. The molecule has 2 rings (SSSR count). The van der Waals surface area contributed by atoms with E-state index in [1.54, 1.807) is 0 Å². The lowest BCUT2D eigenvalue weighted by Crippen LogP contribution is -2.21. The molecule has 0 radical (unpaired) electrons. The van der Waals surface area contributed by atoms with Gasteiger partial charge in [-0.2, -0.15) is 0 Å². The maximum absolute atomic E-state index is 11.8. The first-order valence-corrected chi connectivity index (χ1v) is 7.62. The second-order valence-electron chi connectivity index (χ2n) is 5.54. The average molecular weight is 311 g/mol. The summed E-state index contributed by atoms with van der Waals surface area (Å²) in [6, 6.07) is 17.2. The second-order valence-corrected chi connectivity index (χ2v) is 5.54. The SMILES string of the molecule is Cc1ccccc1NC(=O)COC(=O)C[C@H](C)c1ccccc1. The third-order valence-corrected chi connectivity index (χ3v) is 3.62. The zero-order valence-corrected chi connectivity index (χ0v) is 13.4. The maximum Gasteiger partial charge on any atom is 0.306 e. The van der Waals surface area contributed by atoms with E-state index in [1.807, 2.05) is 68.4 Å². The van der Waals surface area contributed by atoms with Crippen molar-refractivity contribution in [2.24, 2.45) is 0 Å². The van der Waals surface area contributed by atoms with Crippen LogP contribution in [0.25, 0.3) is 0 Å². The van der Waals surface area contributed by atoms with Crippen molar-refractivity contribution in [3.05, 3.63) is 65.7 Å². The molecule has 1 amide bonds. The van der Waals surface area contributed by atoms with Crippen molar-refractivity contribution in [1.82, 2.24) is 0 Å². The van der Waals surface area contributed by atoms with Crippen LogP contribution in [-0.2, 0) is 14.3 Å². The van der Waals surface area contributed by atoms with Gasteiger partial charge < -0.3 is 10.1 Å². The molecular weight excluding hydrogens is 290 g/mol. The molecule has 0 fully saturated rings. The number of hydrogen-bond donors (Lipinski definition) is 1. The zero-order valence-electron chi connectivity index (χ0n) is 13.4. The molecule has 0 aliphatic rings. The number of nitrogens with one attached hydrogen (secondary N) is 1. The summed E-state index contributed by atoms with van der Waals surface area (Å²) in [5, 5.41) is 2.73. The van der Waals surface area contributed by atoms with Crippen molar-refractivity contribution >= 4 is 17.6 Å². The number of carbonyl (C=O) groups is 2. The summed E-state index contributed by atoms with van der Waals surface area (Å²) in [5.74, 6) is -0.649. The number of rotatable bonds is 6. The van der Waals surface area contributed by atoms with Gasteiger partial charge in [-0.3, -0.25) is 9.59 Å². The maximum atomic E-state index is 11.8. The molecular formula is C19H21NO3. The molecule has 0 aliphatic heterocycles. The van der Waals surface area contributed by atoms with Gasteiger partial charge >= 0.3 is 5.97 Å². The standard InChI is InChI=1S/C19H21NO3/c1-14-8-6-7-11-17(14)20-18(21)13-23-19(22)12-15(2)16-9-4-3-5-10-16/h3-11,15H,12-13H2,1-2H3,(H,20,21)/t15-/m0/s1. The third-order valence-electron chi connectivity index (χ3n) is 3.62. The van der Waals surface area contributed by atoms with E-state index < -0.39 is 0 Å². The highest BCUT2D eigenvalue weighted by Gasteiger charge is 2.14. The van der Waals surface area contributed by atoms with E-state index in [2.05, 4.69) is 5.32 Å². The molecule has 0 bridgehead atoms. The van der Waals surface area contributed by atoms with Gasteiger partial charge in [0.1, 0.15) is 0 Å². The van der Waals surface area contributed by atoms with Crippen LogP contribution in [-0.4, -0.2) is 18.5 Å². The van der Waals surface area contributed by atoms with Crippen LogP contribution in [0, 0.1) is 6.92 Å². The van der Waals surface area contributed by atoms with Crippen LogP contribution in [0.1, 0.15) is 30.4 Å². The highest BCUT2D eigenvalue weighted by atomic mass is 16.5. The molecule has 1 atom stereocenters. The first-order chi connectivity index (χ1) is 11.1. The number of benzene rings is 2. The Kier molecular flexibility index (Phi) is 5.92. The van der Waals surface area contributed by atoms with Crippen LogP contribution >= 0.6 is 0 Å². The summed E-state index contributed by atoms with van der Waals surface area (Å²) in [6.07, 6.45) is 0.252. The minimum absolute atomic E-state index is 0.0585. The number of anilines is 1. The molecule has 4 heteroatoms. The van der Waals surface area contributed by atoms with Gasteiger partial charge in [-0.05, 0) is 30.0 Å². The zero-order chi connectivity index (χ0) is 16.7. The predicted octanol–water partition coefficient (Wildman–Crippen LogP) is 3.67. The number of para-hydroxylation sites is 1. The molecule has 0 aromatic heterocycles. The summed E-state index contributed by atoms with van der Waals surface area (Å²) in [7, 11) is 0. The summed E-state index contributed by atoms with van der Waals surface area (Å²) in [4.78, 5) is 23.7. The molecule has 23 heavy (non-hydrogen) atoms. The van der Waals surface area contributed by atoms with E-state index in [0.717, 1.165) is 16.8 Å². The van der Waals surface area contributed by atoms with Gasteiger partial charge in [-0.25, -0.2) is 0 Å². The molecule has 2 aromatic rings. The van der Waals surface area contributed by atoms with Crippen molar-refractivity contribution in [2.45, 2.75) is 26.2 Å². The van der Waals surface area contributed by atoms with Crippen LogP contribution in [0.4, 0.5) is 5.69 Å². The topological polar surface area (TPSA) is 55.4 Å². The molecule has 0 saturated heterocycles. The molecule has 0 unspecified atom stereocenters. The van der Waals surface area contributed by atoms with Crippen LogP contribution in [0.2, 0.25) is 0 Å². The van der Waals surface area contributed by atoms with Gasteiger partial charge in [-0.15, -0.1) is 0 Å². The number of carbonyl (C=O) groups excluding carboxylic acids is 2. The van der Waals surface area contributed by atoms with Crippen molar-refractivity contribution in [2.75, 3.05) is 11.9 Å². The summed E-state index contributed by atoms with van der Waals surface area (Å²) >= 11 is 0. The molecule has 4 nitrogen and oxygen atoms in total. The fourth-order valence-electron chi connectivity index (χ4n) is 2.25. The molecule has 0 spiro atoms. The van der Waals surface area contributed by atoms with E-state index in [9.17, 15) is 9.59 Å². The lowest BCUT2D eigenvalue weighted by molar-refractivity contribution is -0.147. The molecule has 120 valence electrons. The number of amides is 1. The van der Waals surface area contributed by atoms with Crippen LogP contribution in [0.3, 0.4) is 0 Å². The minimum Gasteiger partial charge on any atom is -0.456 e. The largest absolute Gasteiger partial charge is 0.456 e. The Morgan fingerprint density at radius 3 is 2.39 bits per heavy atom. The Balaban J connectivity index is 1.78. The summed E-state index contributed by atoms with van der Waals surface area (Å²) < 4.78 is 5.06. The number of aryl methyl sites for hydroxylation is 1. The molecule has 2 aromatic carbocycles. The average Bonchev–Trinajstić information content (AvgIpc) is 2.56. The minimum atomic E-state index is -0.374. The molecule has 1 N–H and O–H groups in total. The van der Waals surface area contributed by atoms with E-state index in [4.69, 9.17) is 4.74 Å². The van der Waals surface area contributed by atoms with Gasteiger partial charge in [-0.1, -0.05) is 55.5 Å². The Labute approximate surface area is 136 Å². The smallest absolute Gasteiger partial charge is 0.306 e. The van der Waals surface area contributed by atoms with Gasteiger partial charge in [0.25, 0.3) is 5.91 Å². The number of esters is 1. The summed E-state index contributed by atoms with van der Waals surface area (Å²) in [6.45, 7) is 3.60. The van der Waals surface area contributed by atoms with E-state index >= 15 is 0 Å². The fourth-order valence-corrected chi connectivity index (χ4v) is 2.25. The lowest BCUT2D eigenvalue weighted by Gasteiger charge is -2.12. The quantitative estimate of drug-likeness (QED) is 0.828. The Morgan fingerprint density at radius 2 is 1.70 bits per heavy atom. The normalized spacial score (nSPS) is 11.6. The van der Waals surface area contributed by atoms with Crippen molar-refractivity contribution < 1.29 is 14.3 Å². The van der Waals surface area contributed by atoms with E-state index in [-0.39, 0.29) is 30.8 Å². The molecule has 0 aliphatic carbocycles. The van der Waals surface area contributed by atoms with Crippen molar-refractivity contribution in [3.63, 3.8) is 0 Å². The number of hydrogen-bond acceptors (Lipinski definition) is 3. The monoisotopic (exact) mass is 311 g/mol. The first-order valence-electron chi connectivity index (χ1n) is 7.62. The van der Waals surface area contributed by atoms with Gasteiger partial charge in [0, 0.05) is 5.69 Å². The van der Waals surface area contributed by atoms with Gasteiger partial charge in [0.05, 0.1) is 6.42 Å². The molecule has 0 heterocycles. The van der Waals surface area contributed by atoms with E-state index in [1.165, 1.54) is 0 Å². The summed E-state index contributed by atoms with van der Waals surface area (Å²) in [5.41, 5.74) is 2.77. The highest BCUT2D eigenvalue weighted by molar-refractivity contribution is 5.93.